The number of thiophene rings is 1. The van der Waals surface area contributed by atoms with Crippen LogP contribution in [0.3, 0.4) is 0 Å². The second kappa shape index (κ2) is 7.27. The maximum Gasteiger partial charge on any atom is 0.271 e. The molecule has 4 nitrogen and oxygen atoms in total. The molecule has 2 N–H and O–H groups in total. The van der Waals surface area contributed by atoms with Crippen molar-refractivity contribution >= 4 is 69.8 Å². The van der Waals surface area contributed by atoms with Crippen molar-refractivity contribution in [2.24, 2.45) is 0 Å². The van der Waals surface area contributed by atoms with Crippen molar-refractivity contribution in [3.8, 4) is 0 Å². The molecule has 0 fully saturated rings. The van der Waals surface area contributed by atoms with Crippen LogP contribution in [0.4, 0.5) is 5.69 Å². The number of benzene rings is 2. The van der Waals surface area contributed by atoms with Crippen molar-refractivity contribution in [2.45, 2.75) is 23.0 Å². The van der Waals surface area contributed by atoms with E-state index in [1.807, 2.05) is 24.3 Å². The summed E-state index contributed by atoms with van der Waals surface area (Å²) in [4.78, 5) is 3.58. The number of aromatic nitrogens is 1. The number of hydrogen-bond acceptors (Lipinski definition) is 3. The SMILES string of the molecule is O=S(=O)(Nc1ccc(Br)cc1C1CCc2c1[nH]c1ccc(Br)cc21)c1cccs1. The van der Waals surface area contributed by atoms with Crippen molar-refractivity contribution in [1.29, 1.82) is 0 Å². The molecule has 2 heterocycles. The van der Waals surface area contributed by atoms with Gasteiger partial charge in [0.1, 0.15) is 4.21 Å². The van der Waals surface area contributed by atoms with Gasteiger partial charge in [-0.3, -0.25) is 4.72 Å². The fraction of sp³-hybridized carbons (Fsp3) is 0.143. The van der Waals surface area contributed by atoms with Crippen LogP contribution in [0.15, 0.2) is 67.1 Å². The van der Waals surface area contributed by atoms with Gasteiger partial charge in [0, 0.05) is 31.5 Å². The zero-order chi connectivity index (χ0) is 20.2. The van der Waals surface area contributed by atoms with Crippen LogP contribution in [0.25, 0.3) is 10.9 Å². The molecule has 0 saturated heterocycles. The van der Waals surface area contributed by atoms with E-state index in [1.165, 1.54) is 28.0 Å². The van der Waals surface area contributed by atoms with Crippen molar-refractivity contribution in [3.05, 3.63) is 79.7 Å². The summed E-state index contributed by atoms with van der Waals surface area (Å²) in [6.07, 6.45) is 1.90. The highest BCUT2D eigenvalue weighted by Gasteiger charge is 2.30. The van der Waals surface area contributed by atoms with Crippen molar-refractivity contribution in [1.82, 2.24) is 4.98 Å². The Bertz CT molecular complexity index is 1330. The summed E-state index contributed by atoms with van der Waals surface area (Å²) in [5.41, 5.74) is 5.20. The lowest BCUT2D eigenvalue weighted by molar-refractivity contribution is 0.603. The summed E-state index contributed by atoms with van der Waals surface area (Å²) < 4.78 is 30.7. The average Bonchev–Trinajstić information content (AvgIpc) is 3.40. The number of aromatic amines is 1. The molecule has 4 aromatic rings. The highest BCUT2D eigenvalue weighted by Crippen LogP contribution is 2.45. The highest BCUT2D eigenvalue weighted by atomic mass is 79.9. The van der Waals surface area contributed by atoms with E-state index in [4.69, 9.17) is 0 Å². The quantitative estimate of drug-likeness (QED) is 0.299. The molecule has 2 aromatic heterocycles. The zero-order valence-corrected chi connectivity index (χ0v) is 19.9. The number of nitrogens with one attached hydrogen (secondary N) is 2. The fourth-order valence-electron chi connectivity index (χ4n) is 4.08. The topological polar surface area (TPSA) is 62.0 Å². The van der Waals surface area contributed by atoms with E-state index in [9.17, 15) is 8.42 Å². The molecule has 0 radical (unpaired) electrons. The Labute approximate surface area is 189 Å². The predicted molar refractivity (Wildman–Crippen MR) is 125 cm³/mol. The third-order valence-electron chi connectivity index (χ3n) is 5.33. The van der Waals surface area contributed by atoms with E-state index in [1.54, 1.807) is 17.5 Å². The molecule has 1 atom stereocenters. The minimum absolute atomic E-state index is 0.106. The van der Waals surface area contributed by atoms with Gasteiger partial charge in [-0.15, -0.1) is 11.3 Å². The van der Waals surface area contributed by atoms with E-state index in [0.717, 1.165) is 32.9 Å². The number of fused-ring (bicyclic) bond motifs is 3. The maximum absolute atomic E-state index is 12.8. The molecule has 0 saturated carbocycles. The Morgan fingerprint density at radius 2 is 1.86 bits per heavy atom. The van der Waals surface area contributed by atoms with Gasteiger partial charge in [-0.25, -0.2) is 8.42 Å². The van der Waals surface area contributed by atoms with Crippen LogP contribution in [0, 0.1) is 0 Å². The molecule has 0 bridgehead atoms. The predicted octanol–water partition coefficient (Wildman–Crippen LogP) is 6.63. The normalized spacial score (nSPS) is 16.3. The number of sulfonamides is 1. The Kier molecular flexibility index (Phi) is 4.85. The smallest absolute Gasteiger partial charge is 0.271 e. The zero-order valence-electron chi connectivity index (χ0n) is 15.1. The van der Waals surface area contributed by atoms with Gasteiger partial charge < -0.3 is 4.98 Å². The van der Waals surface area contributed by atoms with Crippen LogP contribution in [-0.4, -0.2) is 13.4 Å². The van der Waals surface area contributed by atoms with Crippen LogP contribution in [0.2, 0.25) is 0 Å². The van der Waals surface area contributed by atoms with Gasteiger partial charge in [-0.2, -0.15) is 0 Å². The third kappa shape index (κ3) is 3.46. The van der Waals surface area contributed by atoms with Gasteiger partial charge in [-0.05, 0) is 71.8 Å². The first kappa shape index (κ1) is 19.4. The molecule has 148 valence electrons. The van der Waals surface area contributed by atoms with Gasteiger partial charge in [0.25, 0.3) is 10.0 Å². The molecular formula is C21H16Br2N2O2S2. The standard InChI is InChI=1S/C21H16Br2N2O2S2/c22-12-3-7-18-16(10-12)14-5-6-15(21(14)24-18)17-11-13(23)4-8-19(17)25-29(26,27)20-2-1-9-28-20/h1-4,7-11,15,24-25H,5-6H2. The lowest BCUT2D eigenvalue weighted by atomic mass is 9.95. The molecule has 29 heavy (non-hydrogen) atoms. The van der Waals surface area contributed by atoms with Gasteiger partial charge in [0.15, 0.2) is 0 Å². The van der Waals surface area contributed by atoms with Crippen LogP contribution in [0.5, 0.6) is 0 Å². The Balaban J connectivity index is 1.60. The molecule has 8 heteroatoms. The lowest BCUT2D eigenvalue weighted by Crippen LogP contribution is -2.14. The fourth-order valence-corrected chi connectivity index (χ4v) is 6.90. The summed E-state index contributed by atoms with van der Waals surface area (Å²) in [6, 6.07) is 15.3. The van der Waals surface area contributed by atoms with Gasteiger partial charge >= 0.3 is 0 Å². The number of anilines is 1. The van der Waals surface area contributed by atoms with Crippen LogP contribution in [0.1, 0.15) is 29.2 Å². The Morgan fingerprint density at radius 1 is 1.07 bits per heavy atom. The molecule has 2 aromatic carbocycles. The third-order valence-corrected chi connectivity index (χ3v) is 9.08. The lowest BCUT2D eigenvalue weighted by Gasteiger charge is -2.18. The summed E-state index contributed by atoms with van der Waals surface area (Å²) >= 11 is 8.33. The van der Waals surface area contributed by atoms with Gasteiger partial charge in [-0.1, -0.05) is 37.9 Å². The first-order chi connectivity index (χ1) is 13.9. The summed E-state index contributed by atoms with van der Waals surface area (Å²) in [6.45, 7) is 0. The minimum atomic E-state index is -3.61. The van der Waals surface area contributed by atoms with Crippen molar-refractivity contribution < 1.29 is 8.42 Å². The summed E-state index contributed by atoms with van der Waals surface area (Å²) in [5.74, 6) is 0.106. The maximum atomic E-state index is 12.8. The van der Waals surface area contributed by atoms with E-state index in [0.29, 0.717) is 9.90 Å². The largest absolute Gasteiger partial charge is 0.358 e. The van der Waals surface area contributed by atoms with Gasteiger partial charge in [0.05, 0.1) is 5.69 Å². The van der Waals surface area contributed by atoms with Crippen LogP contribution in [-0.2, 0) is 16.4 Å². The average molecular weight is 552 g/mol. The highest BCUT2D eigenvalue weighted by molar-refractivity contribution is 9.10. The molecule has 1 unspecified atom stereocenters. The molecular weight excluding hydrogens is 536 g/mol. The summed E-state index contributed by atoms with van der Waals surface area (Å²) in [7, 11) is -3.61. The number of aryl methyl sites for hydroxylation is 1. The first-order valence-electron chi connectivity index (χ1n) is 9.08. The van der Waals surface area contributed by atoms with E-state index in [2.05, 4.69) is 53.7 Å². The molecule has 0 aliphatic heterocycles. The minimum Gasteiger partial charge on any atom is -0.358 e. The second-order valence-corrected chi connectivity index (χ2v) is 11.8. The number of hydrogen-bond donors (Lipinski definition) is 2. The first-order valence-corrected chi connectivity index (χ1v) is 13.0. The monoisotopic (exact) mass is 550 g/mol. The van der Waals surface area contributed by atoms with Crippen LogP contribution < -0.4 is 4.72 Å². The molecule has 5 rings (SSSR count). The van der Waals surface area contributed by atoms with E-state index < -0.39 is 10.0 Å². The Morgan fingerprint density at radius 3 is 2.66 bits per heavy atom. The second-order valence-electron chi connectivity index (χ2n) is 7.07. The van der Waals surface area contributed by atoms with Crippen LogP contribution >= 0.6 is 43.2 Å². The molecule has 0 amide bonds. The molecule has 0 spiro atoms. The van der Waals surface area contributed by atoms with Crippen molar-refractivity contribution in [2.75, 3.05) is 4.72 Å². The van der Waals surface area contributed by atoms with Gasteiger partial charge in [0.2, 0.25) is 0 Å². The van der Waals surface area contributed by atoms with Crippen molar-refractivity contribution in [3.63, 3.8) is 0 Å². The molecule has 1 aliphatic rings. The van der Waals surface area contributed by atoms with E-state index >= 15 is 0 Å². The number of rotatable bonds is 4. The molecule has 1 aliphatic carbocycles. The number of halogens is 2. The Hall–Kier alpha value is -1.61. The summed E-state index contributed by atoms with van der Waals surface area (Å²) in [5, 5.41) is 3.00. The number of H-pyrrole nitrogens is 1. The van der Waals surface area contributed by atoms with E-state index in [-0.39, 0.29) is 5.92 Å².